The van der Waals surface area contributed by atoms with Crippen molar-refractivity contribution < 1.29 is 4.74 Å². The molecule has 0 amide bonds. The fourth-order valence-electron chi connectivity index (χ4n) is 1.44. The van der Waals surface area contributed by atoms with Crippen LogP contribution in [0.15, 0.2) is 30.3 Å². The summed E-state index contributed by atoms with van der Waals surface area (Å²) < 4.78 is 4.96. The van der Waals surface area contributed by atoms with E-state index in [1.165, 1.54) is 0 Å². The maximum absolute atomic E-state index is 6.22. The van der Waals surface area contributed by atoms with Gasteiger partial charge in [0.05, 0.1) is 12.1 Å². The van der Waals surface area contributed by atoms with E-state index in [9.17, 15) is 0 Å². The molecule has 1 atom stereocenters. The van der Waals surface area contributed by atoms with Gasteiger partial charge in [-0.15, -0.1) is 0 Å². The molecule has 0 saturated heterocycles. The molecule has 0 spiro atoms. The largest absolute Gasteiger partial charge is 0.383 e. The molecule has 0 fully saturated rings. The van der Waals surface area contributed by atoms with Crippen LogP contribution in [0.5, 0.6) is 0 Å². The molecule has 15 heavy (non-hydrogen) atoms. The SMILES string of the molecule is COCCNCC(C)(N)c1ccccc1. The molecular formula is C12H20N2O. The lowest BCUT2D eigenvalue weighted by molar-refractivity contribution is 0.197. The standard InChI is InChI=1S/C12H20N2O/c1-12(13,10-14-8-9-15-2)11-6-4-3-5-7-11/h3-7,14H,8-10,13H2,1-2H3. The first-order valence-corrected chi connectivity index (χ1v) is 5.21. The monoisotopic (exact) mass is 208 g/mol. The zero-order valence-corrected chi connectivity index (χ0v) is 9.49. The minimum Gasteiger partial charge on any atom is -0.383 e. The van der Waals surface area contributed by atoms with Crippen molar-refractivity contribution in [3.05, 3.63) is 35.9 Å². The summed E-state index contributed by atoms with van der Waals surface area (Å²) >= 11 is 0. The maximum atomic E-state index is 6.22. The van der Waals surface area contributed by atoms with E-state index in [1.807, 2.05) is 25.1 Å². The third-order valence-electron chi connectivity index (χ3n) is 2.41. The van der Waals surface area contributed by atoms with Crippen molar-refractivity contribution in [2.45, 2.75) is 12.5 Å². The molecule has 3 nitrogen and oxygen atoms in total. The minimum absolute atomic E-state index is 0.324. The second kappa shape index (κ2) is 5.85. The first kappa shape index (κ1) is 12.2. The summed E-state index contributed by atoms with van der Waals surface area (Å²) in [5.41, 5.74) is 7.04. The molecule has 1 unspecified atom stereocenters. The molecule has 0 bridgehead atoms. The molecule has 84 valence electrons. The zero-order chi connectivity index (χ0) is 11.1. The molecule has 0 heterocycles. The van der Waals surface area contributed by atoms with Gasteiger partial charge in [0.1, 0.15) is 0 Å². The van der Waals surface area contributed by atoms with Crippen LogP contribution in [0.25, 0.3) is 0 Å². The molecule has 3 N–H and O–H groups in total. The fraction of sp³-hybridized carbons (Fsp3) is 0.500. The summed E-state index contributed by atoms with van der Waals surface area (Å²) in [4.78, 5) is 0. The average molecular weight is 208 g/mol. The van der Waals surface area contributed by atoms with Crippen molar-refractivity contribution >= 4 is 0 Å². The number of ether oxygens (including phenoxy) is 1. The maximum Gasteiger partial charge on any atom is 0.0587 e. The molecule has 0 radical (unpaired) electrons. The molecule has 0 aliphatic heterocycles. The van der Waals surface area contributed by atoms with Gasteiger partial charge in [-0.25, -0.2) is 0 Å². The van der Waals surface area contributed by atoms with Gasteiger partial charge >= 0.3 is 0 Å². The summed E-state index contributed by atoms with van der Waals surface area (Å²) in [6.45, 7) is 4.32. The van der Waals surface area contributed by atoms with E-state index in [0.29, 0.717) is 6.61 Å². The predicted molar refractivity (Wildman–Crippen MR) is 62.7 cm³/mol. The van der Waals surface area contributed by atoms with Crippen LogP contribution in [0.1, 0.15) is 12.5 Å². The second-order valence-electron chi connectivity index (χ2n) is 3.95. The molecule has 1 rings (SSSR count). The molecule has 0 saturated carbocycles. The molecule has 1 aromatic carbocycles. The topological polar surface area (TPSA) is 47.3 Å². The van der Waals surface area contributed by atoms with Crippen molar-refractivity contribution in [1.82, 2.24) is 5.32 Å². The Kier molecular flexibility index (Phi) is 4.75. The Balaban J connectivity index is 2.45. The van der Waals surface area contributed by atoms with Gasteiger partial charge < -0.3 is 15.8 Å². The third-order valence-corrected chi connectivity index (χ3v) is 2.41. The van der Waals surface area contributed by atoms with Crippen LogP contribution < -0.4 is 11.1 Å². The van der Waals surface area contributed by atoms with Gasteiger partial charge in [0.15, 0.2) is 0 Å². The molecule has 0 aliphatic carbocycles. The number of hydrogen-bond donors (Lipinski definition) is 2. The lowest BCUT2D eigenvalue weighted by atomic mass is 9.93. The highest BCUT2D eigenvalue weighted by Gasteiger charge is 2.19. The average Bonchev–Trinajstić information content (AvgIpc) is 2.26. The molecule has 0 aliphatic rings. The predicted octanol–water partition coefficient (Wildman–Crippen LogP) is 1.10. The third kappa shape index (κ3) is 4.00. The van der Waals surface area contributed by atoms with Gasteiger partial charge in [-0.05, 0) is 12.5 Å². The normalized spacial score (nSPS) is 14.9. The molecule has 3 heteroatoms. The number of nitrogens with two attached hydrogens (primary N) is 1. The Hall–Kier alpha value is -0.900. The van der Waals surface area contributed by atoms with E-state index < -0.39 is 0 Å². The van der Waals surface area contributed by atoms with Gasteiger partial charge in [0.25, 0.3) is 0 Å². The van der Waals surface area contributed by atoms with E-state index in [0.717, 1.165) is 18.7 Å². The highest BCUT2D eigenvalue weighted by molar-refractivity contribution is 5.23. The number of rotatable bonds is 6. The first-order chi connectivity index (χ1) is 7.17. The van der Waals surface area contributed by atoms with Crippen molar-refractivity contribution in [2.75, 3.05) is 26.8 Å². The highest BCUT2D eigenvalue weighted by atomic mass is 16.5. The van der Waals surface area contributed by atoms with E-state index in [1.54, 1.807) is 7.11 Å². The van der Waals surface area contributed by atoms with Gasteiger partial charge in [-0.3, -0.25) is 0 Å². The van der Waals surface area contributed by atoms with E-state index >= 15 is 0 Å². The summed E-state index contributed by atoms with van der Waals surface area (Å²) in [5, 5.41) is 3.28. The number of methoxy groups -OCH3 is 1. The van der Waals surface area contributed by atoms with Crippen molar-refractivity contribution in [1.29, 1.82) is 0 Å². The quantitative estimate of drug-likeness (QED) is 0.688. The van der Waals surface area contributed by atoms with Crippen LogP contribution >= 0.6 is 0 Å². The van der Waals surface area contributed by atoms with Gasteiger partial charge in [0, 0.05) is 20.2 Å². The Bertz CT molecular complexity index is 272. The van der Waals surface area contributed by atoms with E-state index in [2.05, 4.69) is 17.4 Å². The van der Waals surface area contributed by atoms with Gasteiger partial charge in [-0.2, -0.15) is 0 Å². The second-order valence-corrected chi connectivity index (χ2v) is 3.95. The van der Waals surface area contributed by atoms with Crippen LogP contribution in [0.2, 0.25) is 0 Å². The smallest absolute Gasteiger partial charge is 0.0587 e. The number of benzene rings is 1. The highest BCUT2D eigenvalue weighted by Crippen LogP contribution is 2.15. The number of hydrogen-bond acceptors (Lipinski definition) is 3. The van der Waals surface area contributed by atoms with Gasteiger partial charge in [-0.1, -0.05) is 30.3 Å². The molecular weight excluding hydrogens is 188 g/mol. The Morgan fingerprint density at radius 1 is 1.33 bits per heavy atom. The van der Waals surface area contributed by atoms with Crippen LogP contribution in [0.3, 0.4) is 0 Å². The van der Waals surface area contributed by atoms with E-state index in [4.69, 9.17) is 10.5 Å². The lowest BCUT2D eigenvalue weighted by Gasteiger charge is -2.25. The summed E-state index contributed by atoms with van der Waals surface area (Å²) in [6, 6.07) is 10.1. The number of nitrogens with one attached hydrogen (secondary N) is 1. The van der Waals surface area contributed by atoms with Gasteiger partial charge in [0.2, 0.25) is 0 Å². The Morgan fingerprint density at radius 2 is 2.00 bits per heavy atom. The van der Waals surface area contributed by atoms with Crippen LogP contribution in [-0.4, -0.2) is 26.8 Å². The van der Waals surface area contributed by atoms with Crippen LogP contribution in [0, 0.1) is 0 Å². The van der Waals surface area contributed by atoms with E-state index in [-0.39, 0.29) is 5.54 Å². The summed E-state index contributed by atoms with van der Waals surface area (Å²) in [6.07, 6.45) is 0. The minimum atomic E-state index is -0.324. The van der Waals surface area contributed by atoms with Crippen molar-refractivity contribution in [3.8, 4) is 0 Å². The van der Waals surface area contributed by atoms with Crippen LogP contribution in [0.4, 0.5) is 0 Å². The van der Waals surface area contributed by atoms with Crippen molar-refractivity contribution in [3.63, 3.8) is 0 Å². The zero-order valence-electron chi connectivity index (χ0n) is 9.49. The Labute approximate surface area is 91.6 Å². The fourth-order valence-corrected chi connectivity index (χ4v) is 1.44. The first-order valence-electron chi connectivity index (χ1n) is 5.21. The van der Waals surface area contributed by atoms with Crippen molar-refractivity contribution in [2.24, 2.45) is 5.73 Å². The summed E-state index contributed by atoms with van der Waals surface area (Å²) in [5.74, 6) is 0. The Morgan fingerprint density at radius 3 is 2.60 bits per heavy atom. The molecule has 1 aromatic rings. The van der Waals surface area contributed by atoms with Crippen LogP contribution in [-0.2, 0) is 10.3 Å². The summed E-state index contributed by atoms with van der Waals surface area (Å²) in [7, 11) is 1.69. The molecule has 0 aromatic heterocycles. The lowest BCUT2D eigenvalue weighted by Crippen LogP contribution is -2.44.